The molecule has 0 unspecified atom stereocenters. The van der Waals surface area contributed by atoms with Crippen molar-refractivity contribution in [1.82, 2.24) is 19.8 Å². The van der Waals surface area contributed by atoms with Crippen molar-refractivity contribution in [3.8, 4) is 16.8 Å². The quantitative estimate of drug-likeness (QED) is 0.293. The average Bonchev–Trinajstić information content (AvgIpc) is 3.26. The van der Waals surface area contributed by atoms with Crippen LogP contribution in [0.3, 0.4) is 0 Å². The summed E-state index contributed by atoms with van der Waals surface area (Å²) in [6, 6.07) is 21.1. The molecule has 38 heavy (non-hydrogen) atoms. The summed E-state index contributed by atoms with van der Waals surface area (Å²) in [5.41, 5.74) is 5.44. The standard InChI is InChI=1S/C29H34N6O3/c1-29(2,3)38-28(37)33-23-7-6-8-24(18-23)35-19-31-25-14-11-21(17-26(25)35)20-9-12-22(13-10-20)32-27(36)30-15-16-34(4)5/h6-14,17-19H,15-16H2,1-5H3,(H,33,37)(H2,30,32,36). The lowest BCUT2D eigenvalue weighted by atomic mass is 10.0. The smallest absolute Gasteiger partial charge is 0.412 e. The number of hydrogen-bond donors (Lipinski definition) is 3. The van der Waals surface area contributed by atoms with Gasteiger partial charge in [-0.2, -0.15) is 0 Å². The minimum atomic E-state index is -0.578. The number of carbonyl (C=O) groups excluding carboxylic acids is 2. The molecule has 9 heteroatoms. The maximum atomic E-state index is 12.2. The first-order chi connectivity index (χ1) is 18.1. The first kappa shape index (κ1) is 26.7. The molecule has 0 bridgehead atoms. The highest BCUT2D eigenvalue weighted by molar-refractivity contribution is 5.90. The van der Waals surface area contributed by atoms with Crippen molar-refractivity contribution in [2.24, 2.45) is 0 Å². The molecule has 0 saturated carbocycles. The minimum absolute atomic E-state index is 0.228. The Labute approximate surface area is 222 Å². The molecule has 0 aliphatic carbocycles. The van der Waals surface area contributed by atoms with E-state index < -0.39 is 11.7 Å². The Balaban J connectivity index is 1.50. The second kappa shape index (κ2) is 11.4. The highest BCUT2D eigenvalue weighted by Gasteiger charge is 2.16. The molecule has 0 aliphatic rings. The third-order valence-corrected chi connectivity index (χ3v) is 5.64. The molecule has 4 aromatic rings. The number of nitrogens with one attached hydrogen (secondary N) is 3. The van der Waals surface area contributed by atoms with E-state index in [0.29, 0.717) is 12.2 Å². The lowest BCUT2D eigenvalue weighted by molar-refractivity contribution is 0.0636. The van der Waals surface area contributed by atoms with E-state index in [1.807, 2.05) is 105 Å². The molecule has 198 valence electrons. The van der Waals surface area contributed by atoms with E-state index in [1.165, 1.54) is 0 Å². The first-order valence-corrected chi connectivity index (χ1v) is 12.4. The van der Waals surface area contributed by atoms with Crippen molar-refractivity contribution in [2.45, 2.75) is 26.4 Å². The molecule has 4 rings (SSSR count). The Bertz CT molecular complexity index is 1420. The number of fused-ring (bicyclic) bond motifs is 1. The van der Waals surface area contributed by atoms with Crippen LogP contribution in [0, 0.1) is 0 Å². The van der Waals surface area contributed by atoms with Crippen LogP contribution in [0.1, 0.15) is 20.8 Å². The Kier molecular flexibility index (Phi) is 7.97. The molecule has 0 radical (unpaired) electrons. The number of aromatic nitrogens is 2. The Morgan fingerprint density at radius 1 is 0.921 bits per heavy atom. The van der Waals surface area contributed by atoms with Crippen molar-refractivity contribution >= 4 is 34.5 Å². The second-order valence-corrected chi connectivity index (χ2v) is 10.3. The highest BCUT2D eigenvalue weighted by Crippen LogP contribution is 2.27. The molecule has 1 heterocycles. The van der Waals surface area contributed by atoms with Crippen LogP contribution in [0.2, 0.25) is 0 Å². The van der Waals surface area contributed by atoms with Gasteiger partial charge in [-0.3, -0.25) is 9.88 Å². The van der Waals surface area contributed by atoms with Crippen LogP contribution >= 0.6 is 0 Å². The van der Waals surface area contributed by atoms with E-state index in [9.17, 15) is 9.59 Å². The van der Waals surface area contributed by atoms with E-state index in [4.69, 9.17) is 4.74 Å². The van der Waals surface area contributed by atoms with Crippen LogP contribution in [0.25, 0.3) is 27.8 Å². The Hall–Kier alpha value is -4.37. The van der Waals surface area contributed by atoms with Crippen LogP contribution in [0.15, 0.2) is 73.1 Å². The summed E-state index contributed by atoms with van der Waals surface area (Å²) >= 11 is 0. The maximum Gasteiger partial charge on any atom is 0.412 e. The molecule has 0 aliphatic heterocycles. The third-order valence-electron chi connectivity index (χ3n) is 5.64. The van der Waals surface area contributed by atoms with Crippen molar-refractivity contribution < 1.29 is 14.3 Å². The van der Waals surface area contributed by atoms with Crippen LogP contribution in [0.4, 0.5) is 21.0 Å². The molecule has 1 aromatic heterocycles. The fourth-order valence-electron chi connectivity index (χ4n) is 3.86. The molecule has 0 saturated heterocycles. The van der Waals surface area contributed by atoms with Gasteiger partial charge in [-0.15, -0.1) is 0 Å². The van der Waals surface area contributed by atoms with Gasteiger partial charge in [-0.05, 0) is 88.5 Å². The van der Waals surface area contributed by atoms with Crippen LogP contribution in [-0.4, -0.2) is 59.4 Å². The van der Waals surface area contributed by atoms with Crippen molar-refractivity contribution in [3.05, 3.63) is 73.1 Å². The minimum Gasteiger partial charge on any atom is -0.444 e. The number of benzene rings is 3. The summed E-state index contributed by atoms with van der Waals surface area (Å²) in [6.07, 6.45) is 1.26. The van der Waals surface area contributed by atoms with E-state index in [-0.39, 0.29) is 6.03 Å². The fraction of sp³-hybridized carbons (Fsp3) is 0.276. The SMILES string of the molecule is CN(C)CCNC(=O)Nc1ccc(-c2ccc3ncn(-c4cccc(NC(=O)OC(C)(C)C)c4)c3c2)cc1. The summed E-state index contributed by atoms with van der Waals surface area (Å²) < 4.78 is 7.34. The fourth-order valence-corrected chi connectivity index (χ4v) is 3.86. The zero-order valence-electron chi connectivity index (χ0n) is 22.4. The summed E-state index contributed by atoms with van der Waals surface area (Å²) in [6.45, 7) is 6.83. The van der Waals surface area contributed by atoms with Gasteiger partial charge in [0.15, 0.2) is 0 Å². The predicted octanol–water partition coefficient (Wildman–Crippen LogP) is 5.72. The summed E-state index contributed by atoms with van der Waals surface area (Å²) in [5, 5.41) is 8.49. The lowest BCUT2D eigenvalue weighted by Gasteiger charge is -2.19. The van der Waals surface area contributed by atoms with Crippen molar-refractivity contribution in [2.75, 3.05) is 37.8 Å². The van der Waals surface area contributed by atoms with Crippen molar-refractivity contribution in [3.63, 3.8) is 0 Å². The van der Waals surface area contributed by atoms with Crippen LogP contribution in [-0.2, 0) is 4.74 Å². The molecular formula is C29H34N6O3. The molecule has 9 nitrogen and oxygen atoms in total. The number of rotatable bonds is 7. The van der Waals surface area contributed by atoms with Crippen LogP contribution < -0.4 is 16.0 Å². The summed E-state index contributed by atoms with van der Waals surface area (Å²) in [5.74, 6) is 0. The zero-order chi connectivity index (χ0) is 27.3. The average molecular weight is 515 g/mol. The van der Waals surface area contributed by atoms with Gasteiger partial charge in [0, 0.05) is 30.2 Å². The molecule has 0 fully saturated rings. The zero-order valence-corrected chi connectivity index (χ0v) is 22.4. The number of urea groups is 1. The van der Waals surface area contributed by atoms with E-state index >= 15 is 0 Å². The van der Waals surface area contributed by atoms with Gasteiger partial charge in [0.2, 0.25) is 0 Å². The molecular weight excluding hydrogens is 480 g/mol. The lowest BCUT2D eigenvalue weighted by Crippen LogP contribution is -2.34. The number of hydrogen-bond acceptors (Lipinski definition) is 5. The predicted molar refractivity (Wildman–Crippen MR) is 152 cm³/mol. The Morgan fingerprint density at radius 2 is 1.66 bits per heavy atom. The normalized spacial score (nSPS) is 11.4. The monoisotopic (exact) mass is 514 g/mol. The molecule has 3 aromatic carbocycles. The molecule has 3 amide bonds. The van der Waals surface area contributed by atoms with Crippen molar-refractivity contribution in [1.29, 1.82) is 0 Å². The summed E-state index contributed by atoms with van der Waals surface area (Å²) in [7, 11) is 3.92. The topological polar surface area (TPSA) is 101 Å². The number of carbonyl (C=O) groups is 2. The van der Waals surface area contributed by atoms with Gasteiger partial charge in [0.25, 0.3) is 0 Å². The van der Waals surface area contributed by atoms with Gasteiger partial charge in [0.1, 0.15) is 11.9 Å². The number of ether oxygens (including phenoxy) is 1. The highest BCUT2D eigenvalue weighted by atomic mass is 16.6. The number of anilines is 2. The number of nitrogens with zero attached hydrogens (tertiary/aromatic N) is 3. The van der Waals surface area contributed by atoms with E-state index in [0.717, 1.165) is 40.1 Å². The second-order valence-electron chi connectivity index (χ2n) is 10.3. The number of imidazole rings is 1. The largest absolute Gasteiger partial charge is 0.444 e. The third kappa shape index (κ3) is 7.10. The van der Waals surface area contributed by atoms with E-state index in [2.05, 4.69) is 27.0 Å². The Morgan fingerprint density at radius 3 is 2.37 bits per heavy atom. The molecule has 0 spiro atoms. The molecule has 0 atom stereocenters. The van der Waals surface area contributed by atoms with Gasteiger partial charge in [-0.25, -0.2) is 14.6 Å². The van der Waals surface area contributed by atoms with Gasteiger partial charge < -0.3 is 20.3 Å². The maximum absolute atomic E-state index is 12.2. The van der Waals surface area contributed by atoms with Crippen LogP contribution in [0.5, 0.6) is 0 Å². The summed E-state index contributed by atoms with van der Waals surface area (Å²) in [4.78, 5) is 30.9. The van der Waals surface area contributed by atoms with E-state index in [1.54, 1.807) is 6.33 Å². The van der Waals surface area contributed by atoms with Gasteiger partial charge in [0.05, 0.1) is 11.0 Å². The number of likely N-dealkylation sites (N-methyl/N-ethyl adjacent to an activating group) is 1. The first-order valence-electron chi connectivity index (χ1n) is 12.4. The van der Waals surface area contributed by atoms with Gasteiger partial charge in [-0.1, -0.05) is 24.3 Å². The number of amides is 3. The molecule has 3 N–H and O–H groups in total. The van der Waals surface area contributed by atoms with Gasteiger partial charge >= 0.3 is 12.1 Å².